The summed E-state index contributed by atoms with van der Waals surface area (Å²) in [6.07, 6.45) is 0.966. The molecule has 37 heavy (non-hydrogen) atoms. The number of aromatic amines is 1. The zero-order valence-corrected chi connectivity index (χ0v) is 23.3. The second kappa shape index (κ2) is 8.55. The first-order valence-electron chi connectivity index (χ1n) is 12.6. The van der Waals surface area contributed by atoms with E-state index >= 15 is 0 Å². The van der Waals surface area contributed by atoms with Crippen LogP contribution in [0.3, 0.4) is 0 Å². The molecule has 0 spiro atoms. The van der Waals surface area contributed by atoms with E-state index in [1.165, 1.54) is 4.80 Å². The molecule has 192 valence electrons. The summed E-state index contributed by atoms with van der Waals surface area (Å²) in [6, 6.07) is 18.1. The Bertz CT molecular complexity index is 1610. The predicted molar refractivity (Wildman–Crippen MR) is 152 cm³/mol. The van der Waals surface area contributed by atoms with Crippen molar-refractivity contribution in [3.8, 4) is 11.4 Å². The summed E-state index contributed by atoms with van der Waals surface area (Å²) in [7, 11) is 0. The molecule has 6 nitrogen and oxygen atoms in total. The van der Waals surface area contributed by atoms with Gasteiger partial charge in [0.2, 0.25) is 0 Å². The topological polar surface area (TPSA) is 83.8 Å². The van der Waals surface area contributed by atoms with E-state index in [0.717, 1.165) is 44.7 Å². The zero-order chi connectivity index (χ0) is 26.8. The third-order valence-electron chi connectivity index (χ3n) is 7.15. The minimum Gasteiger partial charge on any atom is -0.505 e. The van der Waals surface area contributed by atoms with Crippen LogP contribution < -0.4 is 4.87 Å². The second-order valence-corrected chi connectivity index (χ2v) is 13.4. The molecule has 0 atom stereocenters. The summed E-state index contributed by atoms with van der Waals surface area (Å²) in [5.74, 6) is 0.166. The minimum atomic E-state index is -0.456. The van der Waals surface area contributed by atoms with Crippen LogP contribution in [0.25, 0.3) is 26.9 Å². The standard InChI is InChI=1S/C30H34N4O2S/c1-28(2,3)17-29(4,5)19-13-20(30(6,7)18-11-9-8-10-12-18)26(35)24(14-19)34-32-21-15-23-25(16-22(21)33-34)37-27(36)31-23/h8-16,35H,17H2,1-7H3,(H,31,36). The van der Waals surface area contributed by atoms with Crippen LogP contribution in [0, 0.1) is 5.41 Å². The van der Waals surface area contributed by atoms with Gasteiger partial charge in [0, 0.05) is 11.0 Å². The molecule has 7 heteroatoms. The van der Waals surface area contributed by atoms with Crippen molar-refractivity contribution in [3.05, 3.63) is 81.0 Å². The molecule has 5 rings (SSSR count). The summed E-state index contributed by atoms with van der Waals surface area (Å²) < 4.78 is 0.833. The Morgan fingerprint density at radius 3 is 2.19 bits per heavy atom. The van der Waals surface area contributed by atoms with Gasteiger partial charge in [0.15, 0.2) is 0 Å². The number of nitrogens with one attached hydrogen (secondary N) is 1. The molecule has 0 fully saturated rings. The number of hydrogen-bond donors (Lipinski definition) is 2. The highest BCUT2D eigenvalue weighted by Crippen LogP contribution is 2.44. The van der Waals surface area contributed by atoms with Crippen LogP contribution in [0.4, 0.5) is 0 Å². The van der Waals surface area contributed by atoms with Crippen molar-refractivity contribution in [2.75, 3.05) is 0 Å². The van der Waals surface area contributed by atoms with Crippen molar-refractivity contribution in [2.24, 2.45) is 5.41 Å². The third-order valence-corrected chi connectivity index (χ3v) is 7.99. The SMILES string of the molecule is CC(C)(C)CC(C)(C)c1cc(-n2nc3cc4[nH]c(=O)sc4cc3n2)c(O)c(C(C)(C)c2ccccc2)c1. The Labute approximate surface area is 221 Å². The van der Waals surface area contributed by atoms with Crippen LogP contribution in [0.2, 0.25) is 0 Å². The van der Waals surface area contributed by atoms with Crippen molar-refractivity contribution < 1.29 is 5.11 Å². The van der Waals surface area contributed by atoms with Gasteiger partial charge in [-0.2, -0.15) is 0 Å². The van der Waals surface area contributed by atoms with Crippen molar-refractivity contribution in [1.29, 1.82) is 0 Å². The molecule has 0 saturated heterocycles. The molecule has 0 unspecified atom stereocenters. The first-order valence-corrected chi connectivity index (χ1v) is 13.4. The Morgan fingerprint density at radius 2 is 1.54 bits per heavy atom. The normalized spacial score (nSPS) is 13.1. The fourth-order valence-corrected chi connectivity index (χ4v) is 6.30. The van der Waals surface area contributed by atoms with E-state index in [1.54, 1.807) is 0 Å². The number of phenols is 1. The number of aromatic hydroxyl groups is 1. The second-order valence-electron chi connectivity index (χ2n) is 12.3. The van der Waals surface area contributed by atoms with E-state index in [1.807, 2.05) is 36.4 Å². The summed E-state index contributed by atoms with van der Waals surface area (Å²) >= 11 is 1.15. The number of H-pyrrole nitrogens is 1. The summed E-state index contributed by atoms with van der Waals surface area (Å²) in [4.78, 5) is 16.1. The molecular formula is C30H34N4O2S. The number of nitrogens with zero attached hydrogens (tertiary/aromatic N) is 3. The number of thiazole rings is 1. The third kappa shape index (κ3) is 4.68. The monoisotopic (exact) mass is 514 g/mol. The van der Waals surface area contributed by atoms with Gasteiger partial charge in [-0.15, -0.1) is 15.0 Å². The van der Waals surface area contributed by atoms with Crippen LogP contribution in [-0.2, 0) is 10.8 Å². The number of benzene rings is 3. The first kappa shape index (κ1) is 25.2. The number of hydrogen-bond acceptors (Lipinski definition) is 5. The quantitative estimate of drug-likeness (QED) is 0.263. The Balaban J connectivity index is 1.74. The number of rotatable bonds is 5. The molecule has 0 saturated carbocycles. The largest absolute Gasteiger partial charge is 0.505 e. The lowest BCUT2D eigenvalue weighted by Crippen LogP contribution is -2.27. The highest BCUT2D eigenvalue weighted by Gasteiger charge is 2.33. The Hall–Kier alpha value is -3.45. The van der Waals surface area contributed by atoms with Crippen LogP contribution >= 0.6 is 11.3 Å². The van der Waals surface area contributed by atoms with Crippen LogP contribution in [0.5, 0.6) is 5.75 Å². The van der Waals surface area contributed by atoms with Gasteiger partial charge in [-0.25, -0.2) is 0 Å². The van der Waals surface area contributed by atoms with Crippen molar-refractivity contribution in [1.82, 2.24) is 20.0 Å². The Morgan fingerprint density at radius 1 is 0.892 bits per heavy atom. The maximum atomic E-state index is 11.8. The molecular weight excluding hydrogens is 480 g/mol. The lowest BCUT2D eigenvalue weighted by molar-refractivity contribution is 0.283. The molecule has 2 aromatic heterocycles. The molecule has 0 aliphatic carbocycles. The predicted octanol–water partition coefficient (Wildman–Crippen LogP) is 7.07. The Kier molecular flexibility index (Phi) is 5.83. The molecule has 3 aromatic carbocycles. The van der Waals surface area contributed by atoms with E-state index in [-0.39, 0.29) is 21.5 Å². The summed E-state index contributed by atoms with van der Waals surface area (Å²) in [5, 5.41) is 21.2. The number of aromatic nitrogens is 4. The first-order chi connectivity index (χ1) is 17.2. The van der Waals surface area contributed by atoms with E-state index in [0.29, 0.717) is 16.7 Å². The number of fused-ring (bicyclic) bond motifs is 2. The molecule has 0 amide bonds. The van der Waals surface area contributed by atoms with Crippen LogP contribution in [0.1, 0.15) is 71.6 Å². The van der Waals surface area contributed by atoms with Gasteiger partial charge in [0.05, 0.1) is 10.2 Å². The van der Waals surface area contributed by atoms with Gasteiger partial charge in [-0.05, 0) is 46.6 Å². The smallest absolute Gasteiger partial charge is 0.305 e. The highest BCUT2D eigenvalue weighted by molar-refractivity contribution is 7.16. The van der Waals surface area contributed by atoms with E-state index < -0.39 is 5.41 Å². The van der Waals surface area contributed by atoms with Crippen LogP contribution in [0.15, 0.2) is 59.4 Å². The molecule has 0 radical (unpaired) electrons. The fraction of sp³-hybridized carbons (Fsp3) is 0.367. The average molecular weight is 515 g/mol. The van der Waals surface area contributed by atoms with E-state index in [9.17, 15) is 9.90 Å². The molecule has 0 bridgehead atoms. The van der Waals surface area contributed by atoms with Crippen molar-refractivity contribution >= 4 is 32.6 Å². The van der Waals surface area contributed by atoms with E-state index in [4.69, 9.17) is 10.2 Å². The van der Waals surface area contributed by atoms with Crippen molar-refractivity contribution in [3.63, 3.8) is 0 Å². The summed E-state index contributed by atoms with van der Waals surface area (Å²) in [6.45, 7) is 15.5. The number of phenolic OH excluding ortho intramolecular Hbond substituents is 1. The van der Waals surface area contributed by atoms with E-state index in [2.05, 4.69) is 71.6 Å². The molecule has 5 aromatic rings. The maximum Gasteiger partial charge on any atom is 0.305 e. The maximum absolute atomic E-state index is 11.8. The molecule has 2 N–H and O–H groups in total. The minimum absolute atomic E-state index is 0.102. The van der Waals surface area contributed by atoms with Gasteiger partial charge in [-0.3, -0.25) is 4.79 Å². The van der Waals surface area contributed by atoms with Crippen LogP contribution in [-0.4, -0.2) is 25.1 Å². The highest BCUT2D eigenvalue weighted by atomic mass is 32.1. The molecule has 0 aliphatic rings. The zero-order valence-electron chi connectivity index (χ0n) is 22.5. The van der Waals surface area contributed by atoms with Gasteiger partial charge >= 0.3 is 4.87 Å². The van der Waals surface area contributed by atoms with Gasteiger partial charge in [0.25, 0.3) is 0 Å². The van der Waals surface area contributed by atoms with Gasteiger partial charge in [0.1, 0.15) is 22.5 Å². The fourth-order valence-electron chi connectivity index (χ4n) is 5.55. The van der Waals surface area contributed by atoms with Crippen molar-refractivity contribution in [2.45, 2.75) is 65.7 Å². The summed E-state index contributed by atoms with van der Waals surface area (Å²) in [5.41, 5.74) is 5.20. The lowest BCUT2D eigenvalue weighted by Gasteiger charge is -2.35. The average Bonchev–Trinajstić information content (AvgIpc) is 3.37. The lowest BCUT2D eigenvalue weighted by atomic mass is 9.70. The molecule has 2 heterocycles. The van der Waals surface area contributed by atoms with Gasteiger partial charge in [-0.1, -0.05) is 96.2 Å². The van der Waals surface area contributed by atoms with Gasteiger partial charge < -0.3 is 10.1 Å². The molecule has 0 aliphatic heterocycles.